The van der Waals surface area contributed by atoms with Gasteiger partial charge in [-0.2, -0.15) is 0 Å². The number of hydrogen-bond acceptors (Lipinski definition) is 6. The van der Waals surface area contributed by atoms with E-state index in [9.17, 15) is 4.79 Å². The van der Waals surface area contributed by atoms with Crippen LogP contribution in [-0.2, 0) is 4.74 Å². The molecule has 4 N–H and O–H groups in total. The summed E-state index contributed by atoms with van der Waals surface area (Å²) >= 11 is 1.57. The van der Waals surface area contributed by atoms with E-state index in [1.165, 1.54) is 0 Å². The summed E-state index contributed by atoms with van der Waals surface area (Å²) < 4.78 is 5.89. The minimum atomic E-state index is -0.156. The van der Waals surface area contributed by atoms with Crippen LogP contribution in [0.5, 0.6) is 0 Å². The Labute approximate surface area is 166 Å². The van der Waals surface area contributed by atoms with Gasteiger partial charge >= 0.3 is 6.03 Å². The third-order valence-electron chi connectivity index (χ3n) is 4.75. The van der Waals surface area contributed by atoms with Crippen LogP contribution in [0.15, 0.2) is 35.2 Å². The molecule has 3 rings (SSSR count). The largest absolute Gasteiger partial charge is 0.469 e. The molecule has 8 heteroatoms. The number of likely N-dealkylation sites (tertiary alicyclic amines) is 1. The number of nitrogens with one attached hydrogen (secondary N) is 4. The number of rotatable bonds is 4. The lowest BCUT2D eigenvalue weighted by Gasteiger charge is -2.29. The zero-order valence-corrected chi connectivity index (χ0v) is 17.4. The Morgan fingerprint density at radius 3 is 2.67 bits per heavy atom. The summed E-state index contributed by atoms with van der Waals surface area (Å²) in [6.07, 6.45) is 9.68. The van der Waals surface area contributed by atoms with Gasteiger partial charge in [0.25, 0.3) is 0 Å². The van der Waals surface area contributed by atoms with Crippen molar-refractivity contribution in [2.24, 2.45) is 5.41 Å². The van der Waals surface area contributed by atoms with E-state index < -0.39 is 0 Å². The van der Waals surface area contributed by atoms with E-state index in [0.717, 1.165) is 36.6 Å². The molecule has 0 bridgehead atoms. The van der Waals surface area contributed by atoms with E-state index in [-0.39, 0.29) is 29.2 Å². The standard InChI is InChI=1S/C19H31N5O2S/c1-19(2,3)15-12-20-16(26-15)6-5-14-11-21-18(27-14)23-17(25)22-13-7-9-24(4)10-8-13/h5-6,11-13,16,18,20-21H,7-10H2,1-4H3,(H2,22,23,25)/b6-5+. The number of allylic oxidation sites excluding steroid dienone is 2. The topological polar surface area (TPSA) is 77.7 Å². The van der Waals surface area contributed by atoms with Crippen molar-refractivity contribution in [2.45, 2.75) is 51.4 Å². The zero-order chi connectivity index (χ0) is 19.4. The van der Waals surface area contributed by atoms with Gasteiger partial charge < -0.3 is 30.9 Å². The van der Waals surface area contributed by atoms with Crippen LogP contribution < -0.4 is 21.3 Å². The Kier molecular flexibility index (Phi) is 6.26. The Morgan fingerprint density at radius 2 is 2.00 bits per heavy atom. The molecule has 2 atom stereocenters. The lowest BCUT2D eigenvalue weighted by molar-refractivity contribution is 0.123. The lowest BCUT2D eigenvalue weighted by Crippen LogP contribution is -2.50. The SMILES string of the molecule is CN1CCC(NC(=O)NC2NC=C(/C=C/C3NC=C(C(C)(C)C)O3)S2)CC1. The van der Waals surface area contributed by atoms with Crippen LogP contribution in [-0.4, -0.2) is 48.8 Å². The molecule has 0 aromatic rings. The van der Waals surface area contributed by atoms with Crippen molar-refractivity contribution in [3.8, 4) is 0 Å². The Bertz CT molecular complexity index is 633. The second kappa shape index (κ2) is 8.48. The van der Waals surface area contributed by atoms with Gasteiger partial charge in [0, 0.05) is 28.8 Å². The molecule has 0 aromatic heterocycles. The number of carbonyl (C=O) groups is 1. The van der Waals surface area contributed by atoms with Crippen molar-refractivity contribution in [1.29, 1.82) is 0 Å². The van der Waals surface area contributed by atoms with Crippen LogP contribution in [0.3, 0.4) is 0 Å². The highest BCUT2D eigenvalue weighted by atomic mass is 32.2. The highest BCUT2D eigenvalue weighted by Gasteiger charge is 2.26. The first-order valence-electron chi connectivity index (χ1n) is 9.49. The average molecular weight is 394 g/mol. The summed E-state index contributed by atoms with van der Waals surface area (Å²) in [5.74, 6) is 0.952. The quantitative estimate of drug-likeness (QED) is 0.587. The van der Waals surface area contributed by atoms with Crippen LogP contribution in [0.2, 0.25) is 0 Å². The number of piperidine rings is 1. The molecule has 2 amide bonds. The summed E-state index contributed by atoms with van der Waals surface area (Å²) in [7, 11) is 2.11. The van der Waals surface area contributed by atoms with Crippen LogP contribution in [0.25, 0.3) is 0 Å². The minimum Gasteiger partial charge on any atom is -0.469 e. The van der Waals surface area contributed by atoms with E-state index in [2.05, 4.69) is 54.0 Å². The molecule has 0 aromatic carbocycles. The van der Waals surface area contributed by atoms with Gasteiger partial charge in [-0.15, -0.1) is 0 Å². The molecule has 7 nitrogen and oxygen atoms in total. The molecule has 3 aliphatic heterocycles. The smallest absolute Gasteiger partial charge is 0.317 e. The average Bonchev–Trinajstić information content (AvgIpc) is 3.24. The maximum atomic E-state index is 12.2. The summed E-state index contributed by atoms with van der Waals surface area (Å²) in [6.45, 7) is 8.43. The van der Waals surface area contributed by atoms with Gasteiger partial charge in [-0.25, -0.2) is 4.79 Å². The Balaban J connectivity index is 1.37. The van der Waals surface area contributed by atoms with E-state index in [4.69, 9.17) is 4.74 Å². The van der Waals surface area contributed by atoms with Gasteiger partial charge in [0.05, 0.1) is 0 Å². The number of thioether (sulfide) groups is 1. The molecule has 2 unspecified atom stereocenters. The van der Waals surface area contributed by atoms with Crippen molar-refractivity contribution in [3.05, 3.63) is 35.2 Å². The maximum Gasteiger partial charge on any atom is 0.317 e. The van der Waals surface area contributed by atoms with Crippen LogP contribution in [0.1, 0.15) is 33.6 Å². The van der Waals surface area contributed by atoms with Crippen molar-refractivity contribution >= 4 is 17.8 Å². The number of hydrogen-bond donors (Lipinski definition) is 4. The van der Waals surface area contributed by atoms with Crippen molar-refractivity contribution in [1.82, 2.24) is 26.2 Å². The van der Waals surface area contributed by atoms with E-state index in [0.29, 0.717) is 0 Å². The molecule has 0 aliphatic carbocycles. The molecule has 3 aliphatic rings. The fraction of sp³-hybridized carbons (Fsp3) is 0.632. The van der Waals surface area contributed by atoms with Crippen LogP contribution in [0, 0.1) is 5.41 Å². The van der Waals surface area contributed by atoms with Gasteiger partial charge in [0.2, 0.25) is 0 Å². The van der Waals surface area contributed by atoms with Crippen molar-refractivity contribution < 1.29 is 9.53 Å². The van der Waals surface area contributed by atoms with Gasteiger partial charge in [-0.3, -0.25) is 0 Å². The normalized spacial score (nSPS) is 26.8. The number of urea groups is 1. The second-order valence-corrected chi connectivity index (χ2v) is 9.41. The predicted molar refractivity (Wildman–Crippen MR) is 109 cm³/mol. The van der Waals surface area contributed by atoms with Gasteiger partial charge in [0.1, 0.15) is 5.76 Å². The summed E-state index contributed by atoms with van der Waals surface area (Å²) in [6, 6.07) is 0.142. The van der Waals surface area contributed by atoms with E-state index in [1.54, 1.807) is 11.8 Å². The van der Waals surface area contributed by atoms with E-state index in [1.807, 2.05) is 24.6 Å². The third kappa shape index (κ3) is 5.84. The Hall–Kier alpha value is -1.80. The molecular formula is C19H31N5O2S. The van der Waals surface area contributed by atoms with Gasteiger partial charge in [-0.05, 0) is 45.1 Å². The highest BCUT2D eigenvalue weighted by molar-refractivity contribution is 8.04. The van der Waals surface area contributed by atoms with E-state index >= 15 is 0 Å². The first kappa shape index (κ1) is 19.9. The predicted octanol–water partition coefficient (Wildman–Crippen LogP) is 2.23. The number of nitrogens with zero attached hydrogens (tertiary/aromatic N) is 1. The molecule has 1 fully saturated rings. The fourth-order valence-electron chi connectivity index (χ4n) is 3.05. The molecular weight excluding hydrogens is 362 g/mol. The lowest BCUT2D eigenvalue weighted by atomic mass is 9.95. The first-order chi connectivity index (χ1) is 12.8. The van der Waals surface area contributed by atoms with Crippen LogP contribution in [0.4, 0.5) is 4.79 Å². The summed E-state index contributed by atoms with van der Waals surface area (Å²) in [4.78, 5) is 15.5. The second-order valence-electron chi connectivity index (χ2n) is 8.23. The minimum absolute atomic E-state index is 0.00531. The first-order valence-corrected chi connectivity index (χ1v) is 10.4. The fourth-order valence-corrected chi connectivity index (χ4v) is 3.92. The summed E-state index contributed by atoms with van der Waals surface area (Å²) in [5.41, 5.74) is -0.161. The summed E-state index contributed by atoms with van der Waals surface area (Å²) in [5, 5.41) is 12.4. The number of ether oxygens (including phenoxy) is 1. The van der Waals surface area contributed by atoms with Crippen LogP contribution >= 0.6 is 11.8 Å². The molecule has 150 valence electrons. The number of amides is 2. The number of carbonyl (C=O) groups excluding carboxylic acids is 1. The molecule has 0 saturated carbocycles. The molecule has 27 heavy (non-hydrogen) atoms. The Morgan fingerprint density at radius 1 is 1.26 bits per heavy atom. The molecule has 1 saturated heterocycles. The molecule has 3 heterocycles. The highest BCUT2D eigenvalue weighted by Crippen LogP contribution is 2.30. The van der Waals surface area contributed by atoms with Crippen molar-refractivity contribution in [3.63, 3.8) is 0 Å². The maximum absolute atomic E-state index is 12.2. The third-order valence-corrected chi connectivity index (χ3v) is 5.77. The zero-order valence-electron chi connectivity index (χ0n) is 16.5. The molecule has 0 spiro atoms. The van der Waals surface area contributed by atoms with Crippen molar-refractivity contribution in [2.75, 3.05) is 20.1 Å². The monoisotopic (exact) mass is 393 g/mol. The van der Waals surface area contributed by atoms with Gasteiger partial charge in [0.15, 0.2) is 11.7 Å². The molecule has 0 radical (unpaired) electrons. The van der Waals surface area contributed by atoms with Gasteiger partial charge in [-0.1, -0.05) is 32.5 Å².